The topological polar surface area (TPSA) is 86.0 Å². The van der Waals surface area contributed by atoms with Gasteiger partial charge in [0.25, 0.3) is 0 Å². The smallest absolute Gasteiger partial charge is 0.323 e. The lowest BCUT2D eigenvalue weighted by Gasteiger charge is -2.13. The van der Waals surface area contributed by atoms with E-state index >= 15 is 0 Å². The number of anilines is 2. The lowest BCUT2D eigenvalue weighted by molar-refractivity contribution is 0.292. The van der Waals surface area contributed by atoms with Crippen LogP contribution in [-0.4, -0.2) is 21.6 Å². The Bertz CT molecular complexity index is 517. The van der Waals surface area contributed by atoms with Gasteiger partial charge in [-0.25, -0.2) is 0 Å². The maximum Gasteiger partial charge on any atom is 0.323 e. The summed E-state index contributed by atoms with van der Waals surface area (Å²) >= 11 is 1.65. The van der Waals surface area contributed by atoms with Crippen molar-refractivity contribution in [3.8, 4) is 6.01 Å². The molecule has 0 aliphatic rings. The van der Waals surface area contributed by atoms with Crippen LogP contribution in [-0.2, 0) is 0 Å². The van der Waals surface area contributed by atoms with Gasteiger partial charge in [-0.1, -0.05) is 6.92 Å². The number of nitrogens with two attached hydrogens (primary N) is 1. The Balaban J connectivity index is 2.09. The third kappa shape index (κ3) is 3.78. The highest BCUT2D eigenvalue weighted by Gasteiger charge is 2.10. The van der Waals surface area contributed by atoms with Gasteiger partial charge in [0.05, 0.1) is 12.6 Å². The van der Waals surface area contributed by atoms with Crippen LogP contribution < -0.4 is 15.8 Å². The van der Waals surface area contributed by atoms with Crippen molar-refractivity contribution in [2.24, 2.45) is 0 Å². The Morgan fingerprint density at radius 2 is 2.26 bits per heavy atom. The quantitative estimate of drug-likeness (QED) is 0.845. The predicted molar refractivity (Wildman–Crippen MR) is 76.4 cm³/mol. The number of aromatic nitrogens is 3. The van der Waals surface area contributed by atoms with Gasteiger partial charge < -0.3 is 15.8 Å². The molecule has 7 heteroatoms. The Labute approximate surface area is 116 Å². The van der Waals surface area contributed by atoms with Gasteiger partial charge in [-0.15, -0.1) is 0 Å². The Morgan fingerprint density at radius 1 is 1.42 bits per heavy atom. The van der Waals surface area contributed by atoms with Crippen LogP contribution in [0.25, 0.3) is 0 Å². The fraction of sp³-hybridized carbons (Fsp3) is 0.417. The molecule has 1 unspecified atom stereocenters. The molecule has 0 spiro atoms. The van der Waals surface area contributed by atoms with Crippen LogP contribution in [0.4, 0.5) is 11.9 Å². The number of thiophene rings is 1. The van der Waals surface area contributed by atoms with Gasteiger partial charge in [-0.2, -0.15) is 26.3 Å². The predicted octanol–water partition coefficient (Wildman–Crippen LogP) is 2.48. The van der Waals surface area contributed by atoms with Gasteiger partial charge in [0.1, 0.15) is 0 Å². The van der Waals surface area contributed by atoms with E-state index in [-0.39, 0.29) is 18.0 Å². The molecular weight excluding hydrogens is 262 g/mol. The summed E-state index contributed by atoms with van der Waals surface area (Å²) in [6, 6.07) is 2.42. The third-order valence-corrected chi connectivity index (χ3v) is 3.16. The summed E-state index contributed by atoms with van der Waals surface area (Å²) in [4.78, 5) is 12.2. The molecule has 102 valence electrons. The van der Waals surface area contributed by atoms with E-state index in [9.17, 15) is 0 Å². The molecule has 0 amide bonds. The molecule has 0 saturated carbocycles. The van der Waals surface area contributed by atoms with E-state index < -0.39 is 0 Å². The van der Waals surface area contributed by atoms with Crippen LogP contribution in [0.1, 0.15) is 31.9 Å². The molecule has 2 heterocycles. The fourth-order valence-corrected chi connectivity index (χ4v) is 2.25. The van der Waals surface area contributed by atoms with Crippen molar-refractivity contribution < 1.29 is 4.74 Å². The molecule has 2 rings (SSSR count). The van der Waals surface area contributed by atoms with Crippen molar-refractivity contribution in [2.75, 3.05) is 17.7 Å². The van der Waals surface area contributed by atoms with Crippen LogP contribution in [0.3, 0.4) is 0 Å². The number of rotatable bonds is 6. The standard InChI is InChI=1S/C12H17N5OS/c1-3-5-18-12-16-10(13)15-11(17-12)14-8(2)9-4-6-19-7-9/h4,6-8H,3,5H2,1-2H3,(H3,13,14,15,16,17). The molecule has 6 nitrogen and oxygen atoms in total. The zero-order chi connectivity index (χ0) is 13.7. The summed E-state index contributed by atoms with van der Waals surface area (Å²) in [5, 5.41) is 7.30. The first kappa shape index (κ1) is 13.5. The molecule has 0 aliphatic heterocycles. The Hall–Kier alpha value is -1.89. The first-order chi connectivity index (χ1) is 9.19. The van der Waals surface area contributed by atoms with E-state index in [1.54, 1.807) is 11.3 Å². The first-order valence-electron chi connectivity index (χ1n) is 6.12. The maximum atomic E-state index is 5.65. The van der Waals surface area contributed by atoms with Crippen molar-refractivity contribution in [3.05, 3.63) is 22.4 Å². The van der Waals surface area contributed by atoms with Crippen LogP contribution in [0.2, 0.25) is 0 Å². The minimum atomic E-state index is 0.104. The number of ether oxygens (including phenoxy) is 1. The van der Waals surface area contributed by atoms with Gasteiger partial charge >= 0.3 is 6.01 Å². The molecule has 19 heavy (non-hydrogen) atoms. The van der Waals surface area contributed by atoms with E-state index in [4.69, 9.17) is 10.5 Å². The molecule has 0 fully saturated rings. The summed E-state index contributed by atoms with van der Waals surface area (Å²) in [5.74, 6) is 0.582. The van der Waals surface area contributed by atoms with Gasteiger partial charge in [-0.3, -0.25) is 0 Å². The average Bonchev–Trinajstić information content (AvgIpc) is 2.89. The van der Waals surface area contributed by atoms with E-state index in [0.717, 1.165) is 6.42 Å². The van der Waals surface area contributed by atoms with E-state index in [2.05, 4.69) is 31.7 Å². The van der Waals surface area contributed by atoms with Crippen LogP contribution in [0.5, 0.6) is 6.01 Å². The van der Waals surface area contributed by atoms with Gasteiger partial charge in [0.15, 0.2) is 0 Å². The SMILES string of the molecule is CCCOc1nc(N)nc(NC(C)c2ccsc2)n1. The molecule has 2 aromatic rings. The summed E-state index contributed by atoms with van der Waals surface area (Å²) in [5.41, 5.74) is 6.83. The molecule has 3 N–H and O–H groups in total. The van der Waals surface area contributed by atoms with Gasteiger partial charge in [0, 0.05) is 0 Å². The number of nitrogens with one attached hydrogen (secondary N) is 1. The molecule has 0 bridgehead atoms. The monoisotopic (exact) mass is 279 g/mol. The van der Waals surface area contributed by atoms with Gasteiger partial charge in [-0.05, 0) is 35.7 Å². The number of nitrogen functional groups attached to an aromatic ring is 1. The van der Waals surface area contributed by atoms with Crippen molar-refractivity contribution in [1.29, 1.82) is 0 Å². The summed E-state index contributed by atoms with van der Waals surface area (Å²) in [6.45, 7) is 4.61. The highest BCUT2D eigenvalue weighted by molar-refractivity contribution is 7.07. The lowest BCUT2D eigenvalue weighted by Crippen LogP contribution is -2.12. The molecule has 2 aromatic heterocycles. The fourth-order valence-electron chi connectivity index (χ4n) is 1.49. The average molecular weight is 279 g/mol. The van der Waals surface area contributed by atoms with Crippen molar-refractivity contribution in [2.45, 2.75) is 26.3 Å². The number of hydrogen-bond donors (Lipinski definition) is 2. The molecule has 0 aliphatic carbocycles. The van der Waals surface area contributed by atoms with E-state index in [0.29, 0.717) is 12.6 Å². The highest BCUT2D eigenvalue weighted by Crippen LogP contribution is 2.20. The van der Waals surface area contributed by atoms with Crippen LogP contribution in [0, 0.1) is 0 Å². The first-order valence-corrected chi connectivity index (χ1v) is 7.06. The zero-order valence-electron chi connectivity index (χ0n) is 11.0. The number of nitrogens with zero attached hydrogens (tertiary/aromatic N) is 3. The van der Waals surface area contributed by atoms with Crippen LogP contribution in [0.15, 0.2) is 16.8 Å². The van der Waals surface area contributed by atoms with Crippen molar-refractivity contribution in [3.63, 3.8) is 0 Å². The maximum absolute atomic E-state index is 5.65. The third-order valence-electron chi connectivity index (χ3n) is 2.46. The second-order valence-corrected chi connectivity index (χ2v) is 4.85. The van der Waals surface area contributed by atoms with Crippen molar-refractivity contribution in [1.82, 2.24) is 15.0 Å². The summed E-state index contributed by atoms with van der Waals surface area (Å²) < 4.78 is 5.37. The van der Waals surface area contributed by atoms with E-state index in [1.807, 2.05) is 19.2 Å². The highest BCUT2D eigenvalue weighted by atomic mass is 32.1. The molecule has 0 aromatic carbocycles. The summed E-state index contributed by atoms with van der Waals surface area (Å²) in [7, 11) is 0. The molecule has 0 radical (unpaired) electrons. The minimum Gasteiger partial charge on any atom is -0.463 e. The second-order valence-electron chi connectivity index (χ2n) is 4.07. The minimum absolute atomic E-state index is 0.104. The van der Waals surface area contributed by atoms with Gasteiger partial charge in [0.2, 0.25) is 11.9 Å². The van der Waals surface area contributed by atoms with Crippen molar-refractivity contribution >= 4 is 23.2 Å². The lowest BCUT2D eigenvalue weighted by atomic mass is 10.2. The number of hydrogen-bond acceptors (Lipinski definition) is 7. The molecule has 0 saturated heterocycles. The zero-order valence-corrected chi connectivity index (χ0v) is 11.8. The Morgan fingerprint density at radius 3 is 2.95 bits per heavy atom. The Kier molecular flexibility index (Phi) is 4.51. The normalized spacial score (nSPS) is 12.1. The second kappa shape index (κ2) is 6.33. The largest absolute Gasteiger partial charge is 0.463 e. The van der Waals surface area contributed by atoms with Crippen LogP contribution >= 0.6 is 11.3 Å². The molecular formula is C12H17N5OS. The summed E-state index contributed by atoms with van der Waals surface area (Å²) in [6.07, 6.45) is 0.889. The van der Waals surface area contributed by atoms with E-state index in [1.165, 1.54) is 5.56 Å². The molecule has 1 atom stereocenters.